The monoisotopic (exact) mass is 411 g/mol. The first-order chi connectivity index (χ1) is 14.7. The molecular weight excluding hydrogens is 378 g/mol. The predicted molar refractivity (Wildman–Crippen MR) is 121 cm³/mol. The Labute approximate surface area is 179 Å². The summed E-state index contributed by atoms with van der Waals surface area (Å²) in [7, 11) is 3.51. The summed E-state index contributed by atoms with van der Waals surface area (Å²) in [6.45, 7) is 5.67. The molecule has 162 valence electrons. The summed E-state index contributed by atoms with van der Waals surface area (Å²) in [5.41, 5.74) is 1.26. The van der Waals surface area contributed by atoms with E-state index in [4.69, 9.17) is 14.2 Å². The Morgan fingerprint density at radius 2 is 1.60 bits per heavy atom. The quantitative estimate of drug-likeness (QED) is 0.523. The van der Waals surface area contributed by atoms with Gasteiger partial charge in [0.1, 0.15) is 17.2 Å². The maximum atomic E-state index is 5.89. The average molecular weight is 412 g/mol. The van der Waals surface area contributed by atoms with Gasteiger partial charge in [-0.05, 0) is 68.1 Å². The molecule has 0 spiro atoms. The Morgan fingerprint density at radius 3 is 2.17 bits per heavy atom. The van der Waals surface area contributed by atoms with Gasteiger partial charge in [0.25, 0.3) is 0 Å². The molecule has 1 N–H and O–H groups in total. The number of guanidine groups is 1. The van der Waals surface area contributed by atoms with Crippen molar-refractivity contribution in [3.63, 3.8) is 0 Å². The molecule has 1 aliphatic heterocycles. The highest BCUT2D eigenvalue weighted by atomic mass is 16.5. The highest BCUT2D eigenvalue weighted by Crippen LogP contribution is 2.24. The largest absolute Gasteiger partial charge is 0.497 e. The second-order valence-electron chi connectivity index (χ2n) is 7.29. The maximum Gasteiger partial charge on any atom is 0.193 e. The van der Waals surface area contributed by atoms with Crippen LogP contribution in [0.25, 0.3) is 0 Å². The molecule has 2 aromatic rings. The highest BCUT2D eigenvalue weighted by Gasteiger charge is 2.21. The third kappa shape index (κ3) is 6.39. The summed E-state index contributed by atoms with van der Waals surface area (Å²) in [5, 5.41) is 3.49. The van der Waals surface area contributed by atoms with Gasteiger partial charge in [-0.3, -0.25) is 4.99 Å². The second kappa shape index (κ2) is 11.5. The summed E-state index contributed by atoms with van der Waals surface area (Å²) in [5.74, 6) is 3.41. The third-order valence-corrected chi connectivity index (χ3v) is 5.27. The third-order valence-electron chi connectivity index (χ3n) is 5.27. The van der Waals surface area contributed by atoms with Crippen molar-refractivity contribution in [2.45, 2.75) is 32.3 Å². The smallest absolute Gasteiger partial charge is 0.193 e. The molecule has 0 unspecified atom stereocenters. The number of hydrogen-bond acceptors (Lipinski definition) is 4. The first-order valence-corrected chi connectivity index (χ1v) is 10.7. The molecule has 6 nitrogen and oxygen atoms in total. The normalized spacial score (nSPS) is 15.2. The SMILES string of the molecule is CCOC1CCN(C(=NC)NCCc2ccc(Oc3ccc(OC)cc3)cc2)CC1. The number of ether oxygens (including phenoxy) is 3. The van der Waals surface area contributed by atoms with E-state index < -0.39 is 0 Å². The summed E-state index contributed by atoms with van der Waals surface area (Å²) < 4.78 is 16.8. The van der Waals surface area contributed by atoms with Gasteiger partial charge in [-0.15, -0.1) is 0 Å². The maximum absolute atomic E-state index is 5.89. The molecule has 0 aliphatic carbocycles. The van der Waals surface area contributed by atoms with Gasteiger partial charge < -0.3 is 24.4 Å². The average Bonchev–Trinajstić information content (AvgIpc) is 2.79. The molecule has 1 heterocycles. The number of likely N-dealkylation sites (tertiary alicyclic amines) is 1. The summed E-state index contributed by atoms with van der Waals surface area (Å²) in [6.07, 6.45) is 3.44. The van der Waals surface area contributed by atoms with Crippen LogP contribution in [0.4, 0.5) is 0 Å². The Kier molecular flexibility index (Phi) is 8.39. The van der Waals surface area contributed by atoms with Gasteiger partial charge in [0, 0.05) is 33.3 Å². The Morgan fingerprint density at radius 1 is 1.00 bits per heavy atom. The van der Waals surface area contributed by atoms with E-state index in [1.54, 1.807) is 7.11 Å². The lowest BCUT2D eigenvalue weighted by molar-refractivity contribution is 0.0264. The van der Waals surface area contributed by atoms with Crippen LogP contribution in [0.2, 0.25) is 0 Å². The molecule has 1 saturated heterocycles. The van der Waals surface area contributed by atoms with E-state index in [0.29, 0.717) is 6.10 Å². The van der Waals surface area contributed by atoms with Crippen LogP contribution >= 0.6 is 0 Å². The van der Waals surface area contributed by atoms with E-state index in [0.717, 1.165) is 68.7 Å². The van der Waals surface area contributed by atoms with Crippen LogP contribution in [0.15, 0.2) is 53.5 Å². The molecule has 2 aromatic carbocycles. The fourth-order valence-electron chi connectivity index (χ4n) is 3.62. The van der Waals surface area contributed by atoms with E-state index in [9.17, 15) is 0 Å². The van der Waals surface area contributed by atoms with Crippen molar-refractivity contribution in [2.24, 2.45) is 4.99 Å². The van der Waals surface area contributed by atoms with Crippen molar-refractivity contribution < 1.29 is 14.2 Å². The summed E-state index contributed by atoms with van der Waals surface area (Å²) >= 11 is 0. The lowest BCUT2D eigenvalue weighted by Crippen LogP contribution is -2.47. The van der Waals surface area contributed by atoms with E-state index in [1.807, 2.05) is 43.4 Å². The van der Waals surface area contributed by atoms with Crippen LogP contribution in [-0.4, -0.2) is 57.4 Å². The van der Waals surface area contributed by atoms with Gasteiger partial charge >= 0.3 is 0 Å². The van der Waals surface area contributed by atoms with E-state index in [2.05, 4.69) is 34.3 Å². The van der Waals surface area contributed by atoms with Crippen molar-refractivity contribution in [2.75, 3.05) is 40.4 Å². The van der Waals surface area contributed by atoms with Gasteiger partial charge in [-0.25, -0.2) is 0 Å². The zero-order chi connectivity index (χ0) is 21.2. The molecule has 0 amide bonds. The number of aliphatic imine (C=N–C) groups is 1. The van der Waals surface area contributed by atoms with Gasteiger partial charge in [0.15, 0.2) is 5.96 Å². The minimum atomic E-state index is 0.392. The molecule has 30 heavy (non-hydrogen) atoms. The highest BCUT2D eigenvalue weighted by molar-refractivity contribution is 5.80. The second-order valence-corrected chi connectivity index (χ2v) is 7.29. The summed E-state index contributed by atoms with van der Waals surface area (Å²) in [6, 6.07) is 15.8. The Balaban J connectivity index is 1.43. The lowest BCUT2D eigenvalue weighted by atomic mass is 10.1. The summed E-state index contributed by atoms with van der Waals surface area (Å²) in [4.78, 5) is 6.77. The molecule has 6 heteroatoms. The first kappa shape index (κ1) is 22.0. The van der Waals surface area contributed by atoms with Gasteiger partial charge in [-0.2, -0.15) is 0 Å². The van der Waals surface area contributed by atoms with Crippen LogP contribution in [0, 0.1) is 0 Å². The molecule has 0 saturated carbocycles. The molecule has 0 atom stereocenters. The fraction of sp³-hybridized carbons (Fsp3) is 0.458. The Hall–Kier alpha value is -2.73. The van der Waals surface area contributed by atoms with E-state index in [-0.39, 0.29) is 0 Å². The van der Waals surface area contributed by atoms with Crippen molar-refractivity contribution in [3.05, 3.63) is 54.1 Å². The van der Waals surface area contributed by atoms with Gasteiger partial charge in [0.2, 0.25) is 0 Å². The van der Waals surface area contributed by atoms with Crippen molar-refractivity contribution in [1.82, 2.24) is 10.2 Å². The van der Waals surface area contributed by atoms with Crippen LogP contribution in [0.1, 0.15) is 25.3 Å². The Bertz CT molecular complexity index is 782. The standard InChI is InChI=1S/C24H33N3O3/c1-4-29-21-14-17-27(18-15-21)24(25-2)26-16-13-19-5-7-22(8-6-19)30-23-11-9-20(28-3)10-12-23/h5-12,21H,4,13-18H2,1-3H3,(H,25,26). The number of methoxy groups -OCH3 is 1. The van der Waals surface area contributed by atoms with Crippen LogP contribution < -0.4 is 14.8 Å². The number of benzene rings is 2. The zero-order valence-corrected chi connectivity index (χ0v) is 18.3. The lowest BCUT2D eigenvalue weighted by Gasteiger charge is -2.34. The predicted octanol–water partition coefficient (Wildman–Crippen LogP) is 4.11. The van der Waals surface area contributed by atoms with Crippen molar-refractivity contribution in [1.29, 1.82) is 0 Å². The topological polar surface area (TPSA) is 55.3 Å². The molecule has 1 fully saturated rings. The van der Waals surface area contributed by atoms with Crippen LogP contribution in [0.5, 0.6) is 17.2 Å². The van der Waals surface area contributed by atoms with Gasteiger partial charge in [-0.1, -0.05) is 12.1 Å². The molecule has 0 aromatic heterocycles. The first-order valence-electron chi connectivity index (χ1n) is 10.7. The van der Waals surface area contributed by atoms with Crippen LogP contribution in [0.3, 0.4) is 0 Å². The van der Waals surface area contributed by atoms with Gasteiger partial charge in [0.05, 0.1) is 13.2 Å². The minimum Gasteiger partial charge on any atom is -0.497 e. The fourth-order valence-corrected chi connectivity index (χ4v) is 3.62. The number of rotatable bonds is 8. The number of piperidine rings is 1. The molecule has 3 rings (SSSR count). The minimum absolute atomic E-state index is 0.392. The van der Waals surface area contributed by atoms with Crippen LogP contribution in [-0.2, 0) is 11.2 Å². The zero-order valence-electron chi connectivity index (χ0n) is 18.3. The van der Waals surface area contributed by atoms with E-state index in [1.165, 1.54) is 5.56 Å². The number of nitrogens with zero attached hydrogens (tertiary/aromatic N) is 2. The number of hydrogen-bond donors (Lipinski definition) is 1. The molecule has 1 aliphatic rings. The number of nitrogens with one attached hydrogen (secondary N) is 1. The molecule has 0 bridgehead atoms. The molecular formula is C24H33N3O3. The van der Waals surface area contributed by atoms with Crippen molar-refractivity contribution in [3.8, 4) is 17.2 Å². The van der Waals surface area contributed by atoms with E-state index >= 15 is 0 Å². The molecule has 0 radical (unpaired) electrons. The van der Waals surface area contributed by atoms with Crippen molar-refractivity contribution >= 4 is 5.96 Å².